The topological polar surface area (TPSA) is 106 Å². The second kappa shape index (κ2) is 8.02. The Bertz CT molecular complexity index is 1580. The third kappa shape index (κ3) is 3.46. The zero-order chi connectivity index (χ0) is 23.3. The highest BCUT2D eigenvalue weighted by atomic mass is 35.5. The fourth-order valence-corrected chi connectivity index (χ4v) is 4.26. The number of hydrogen-bond acceptors (Lipinski definition) is 6. The van der Waals surface area contributed by atoms with Crippen molar-refractivity contribution in [3.05, 3.63) is 64.1 Å². The zero-order valence-electron chi connectivity index (χ0n) is 18.4. The minimum Gasteiger partial charge on any atom is -0.383 e. The molecule has 5 aromatic rings. The van der Waals surface area contributed by atoms with Gasteiger partial charge in [0.05, 0.1) is 35.6 Å². The van der Waals surface area contributed by atoms with Crippen molar-refractivity contribution < 1.29 is 4.74 Å². The number of nitrogens with two attached hydrogens (primary N) is 1. The monoisotopic (exact) mass is 463 g/mol. The van der Waals surface area contributed by atoms with Gasteiger partial charge in [0, 0.05) is 43.4 Å². The summed E-state index contributed by atoms with van der Waals surface area (Å²) in [5, 5.41) is 5.26. The number of pyridine rings is 2. The maximum atomic E-state index is 13.2. The van der Waals surface area contributed by atoms with Crippen molar-refractivity contribution in [2.24, 2.45) is 14.1 Å². The molecule has 0 fully saturated rings. The van der Waals surface area contributed by atoms with E-state index in [0.717, 1.165) is 27.6 Å². The lowest BCUT2D eigenvalue weighted by atomic mass is 10.0. The molecule has 168 valence electrons. The zero-order valence-corrected chi connectivity index (χ0v) is 19.2. The maximum absolute atomic E-state index is 13.2. The summed E-state index contributed by atoms with van der Waals surface area (Å²) in [6.07, 6.45) is 5.16. The van der Waals surface area contributed by atoms with E-state index in [-0.39, 0.29) is 10.8 Å². The Balaban J connectivity index is 1.78. The van der Waals surface area contributed by atoms with Crippen LogP contribution in [0.1, 0.15) is 12.5 Å². The lowest BCUT2D eigenvalue weighted by molar-refractivity contribution is 0.134. The predicted octanol–water partition coefficient (Wildman–Crippen LogP) is 3.45. The van der Waals surface area contributed by atoms with Crippen LogP contribution in [0.4, 0.5) is 5.82 Å². The van der Waals surface area contributed by atoms with Gasteiger partial charge in [-0.2, -0.15) is 5.10 Å². The van der Waals surface area contributed by atoms with Crippen molar-refractivity contribution in [3.8, 4) is 16.8 Å². The number of aromatic nitrogens is 6. The Morgan fingerprint density at radius 2 is 1.94 bits per heavy atom. The molecule has 5 rings (SSSR count). The molecule has 0 bridgehead atoms. The lowest BCUT2D eigenvalue weighted by Crippen LogP contribution is -2.20. The van der Waals surface area contributed by atoms with Crippen LogP contribution in [-0.2, 0) is 25.4 Å². The summed E-state index contributed by atoms with van der Waals surface area (Å²) in [7, 11) is 3.48. The van der Waals surface area contributed by atoms with E-state index >= 15 is 0 Å². The molecule has 0 radical (unpaired) electrons. The molecule has 0 spiro atoms. The van der Waals surface area contributed by atoms with Crippen LogP contribution in [0.5, 0.6) is 0 Å². The van der Waals surface area contributed by atoms with Gasteiger partial charge in [-0.25, -0.2) is 9.78 Å². The Kier molecular flexibility index (Phi) is 5.15. The van der Waals surface area contributed by atoms with Crippen LogP contribution in [0.15, 0.2) is 47.7 Å². The normalized spacial score (nSPS) is 11.6. The summed E-state index contributed by atoms with van der Waals surface area (Å²) in [6.45, 7) is 2.91. The molecule has 0 aliphatic heterocycles. The summed E-state index contributed by atoms with van der Waals surface area (Å²) in [4.78, 5) is 22.1. The van der Waals surface area contributed by atoms with E-state index in [1.54, 1.807) is 46.5 Å². The number of ether oxygens (including phenoxy) is 1. The number of rotatable bonds is 5. The Morgan fingerprint density at radius 1 is 1.12 bits per heavy atom. The molecule has 2 N–H and O–H groups in total. The number of anilines is 1. The van der Waals surface area contributed by atoms with Gasteiger partial charge in [0.15, 0.2) is 5.15 Å². The number of nitrogen functional groups attached to an aromatic ring is 1. The number of fused-ring (bicyclic) bond motifs is 3. The molecule has 0 aliphatic rings. The van der Waals surface area contributed by atoms with E-state index in [1.165, 1.54) is 0 Å². The molecule has 9 nitrogen and oxygen atoms in total. The van der Waals surface area contributed by atoms with Crippen LogP contribution in [0.3, 0.4) is 0 Å². The number of halogens is 1. The second-order valence-corrected chi connectivity index (χ2v) is 8.14. The van der Waals surface area contributed by atoms with Crippen LogP contribution >= 0.6 is 11.6 Å². The minimum atomic E-state index is -0.229. The molecule has 0 unspecified atom stereocenters. The van der Waals surface area contributed by atoms with Gasteiger partial charge in [-0.3, -0.25) is 18.8 Å². The molecule has 1 aromatic carbocycles. The molecule has 4 heterocycles. The van der Waals surface area contributed by atoms with Crippen molar-refractivity contribution in [1.82, 2.24) is 28.9 Å². The molecule has 0 saturated heterocycles. The van der Waals surface area contributed by atoms with Gasteiger partial charge in [-0.15, -0.1) is 0 Å². The van der Waals surface area contributed by atoms with Crippen LogP contribution in [-0.4, -0.2) is 35.5 Å². The lowest BCUT2D eigenvalue weighted by Gasteiger charge is -2.10. The first kappa shape index (κ1) is 21.2. The maximum Gasteiger partial charge on any atom is 0.333 e. The van der Waals surface area contributed by atoms with Crippen molar-refractivity contribution in [2.75, 3.05) is 12.3 Å². The van der Waals surface area contributed by atoms with Gasteiger partial charge >= 0.3 is 5.69 Å². The molecule has 0 atom stereocenters. The highest BCUT2D eigenvalue weighted by Crippen LogP contribution is 2.31. The van der Waals surface area contributed by atoms with Gasteiger partial charge in [-0.1, -0.05) is 17.7 Å². The summed E-state index contributed by atoms with van der Waals surface area (Å²) >= 11 is 6.36. The van der Waals surface area contributed by atoms with Gasteiger partial charge in [0.25, 0.3) is 0 Å². The predicted molar refractivity (Wildman–Crippen MR) is 129 cm³/mol. The van der Waals surface area contributed by atoms with Crippen molar-refractivity contribution in [1.29, 1.82) is 0 Å². The summed E-state index contributed by atoms with van der Waals surface area (Å²) in [5.74, 6) is 0.445. The van der Waals surface area contributed by atoms with Gasteiger partial charge in [0.2, 0.25) is 0 Å². The Hall–Kier alpha value is -3.69. The van der Waals surface area contributed by atoms with Crippen LogP contribution in [0, 0.1) is 0 Å². The largest absolute Gasteiger partial charge is 0.383 e. The first-order valence-corrected chi connectivity index (χ1v) is 10.8. The highest BCUT2D eigenvalue weighted by molar-refractivity contribution is 6.31. The minimum absolute atomic E-state index is 0.229. The highest BCUT2D eigenvalue weighted by Gasteiger charge is 2.20. The van der Waals surface area contributed by atoms with E-state index in [2.05, 4.69) is 15.1 Å². The number of hydrogen-bond donors (Lipinski definition) is 1. The standard InChI is InChI=1S/C23H22ClN7O2/c1-4-33-12-15-7-14(9-27-22(15)25)13-5-6-17-16(8-13)20-18(10-26-17)30(3)23(32)31(20)19-11-29(2)28-21(19)24/h5-11H,4,12H2,1-3H3,(H2,25,27). The average molecular weight is 464 g/mol. The van der Waals surface area contributed by atoms with Crippen LogP contribution in [0.25, 0.3) is 38.8 Å². The first-order chi connectivity index (χ1) is 15.9. The molecule has 10 heteroatoms. The van der Waals surface area contributed by atoms with E-state index in [1.807, 2.05) is 31.2 Å². The summed E-state index contributed by atoms with van der Waals surface area (Å²) < 4.78 is 10.2. The molecular weight excluding hydrogens is 442 g/mol. The molecule has 4 aromatic heterocycles. The van der Waals surface area contributed by atoms with E-state index in [4.69, 9.17) is 22.1 Å². The van der Waals surface area contributed by atoms with E-state index in [0.29, 0.717) is 35.8 Å². The molecule has 33 heavy (non-hydrogen) atoms. The van der Waals surface area contributed by atoms with Gasteiger partial charge < -0.3 is 10.5 Å². The molecular formula is C23H22ClN7O2. The average Bonchev–Trinajstić information content (AvgIpc) is 3.27. The number of aryl methyl sites for hydroxylation is 2. The molecule has 0 saturated carbocycles. The van der Waals surface area contributed by atoms with Gasteiger partial charge in [-0.05, 0) is 30.7 Å². The Labute approximate surface area is 194 Å². The van der Waals surface area contributed by atoms with Crippen molar-refractivity contribution in [3.63, 3.8) is 0 Å². The van der Waals surface area contributed by atoms with Crippen molar-refractivity contribution in [2.45, 2.75) is 13.5 Å². The SMILES string of the molecule is CCOCc1cc(-c2ccc3ncc4c(c3c2)n(-c2cn(C)nc2Cl)c(=O)n4C)cnc1N. The van der Waals surface area contributed by atoms with E-state index < -0.39 is 0 Å². The third-order valence-electron chi connectivity index (χ3n) is 5.69. The van der Waals surface area contributed by atoms with E-state index in [9.17, 15) is 4.79 Å². The summed E-state index contributed by atoms with van der Waals surface area (Å²) in [5.41, 5.74) is 11.1. The smallest absolute Gasteiger partial charge is 0.333 e. The van der Waals surface area contributed by atoms with Gasteiger partial charge in [0.1, 0.15) is 11.5 Å². The number of benzene rings is 1. The fourth-order valence-electron chi connectivity index (χ4n) is 4.01. The Morgan fingerprint density at radius 3 is 2.67 bits per heavy atom. The number of nitrogens with zero attached hydrogens (tertiary/aromatic N) is 6. The number of imidazole rings is 1. The quantitative estimate of drug-likeness (QED) is 0.428. The molecule has 0 aliphatic carbocycles. The van der Waals surface area contributed by atoms with Crippen molar-refractivity contribution >= 4 is 39.4 Å². The van der Waals surface area contributed by atoms with Crippen LogP contribution in [0.2, 0.25) is 5.15 Å². The van der Waals surface area contributed by atoms with Crippen LogP contribution < -0.4 is 11.4 Å². The summed E-state index contributed by atoms with van der Waals surface area (Å²) in [6, 6.07) is 7.88. The third-order valence-corrected chi connectivity index (χ3v) is 5.96. The fraction of sp³-hybridized carbons (Fsp3) is 0.217. The second-order valence-electron chi connectivity index (χ2n) is 7.79. The first-order valence-electron chi connectivity index (χ1n) is 10.4. The molecule has 0 amide bonds.